The Hall–Kier alpha value is -0.480. The predicted molar refractivity (Wildman–Crippen MR) is 53.7 cm³/mol. The minimum Gasteiger partial charge on any atom is -0.311 e. The summed E-state index contributed by atoms with van der Waals surface area (Å²) < 4.78 is 0. The van der Waals surface area contributed by atoms with Crippen molar-refractivity contribution < 1.29 is 0 Å². The van der Waals surface area contributed by atoms with Crippen molar-refractivity contribution in [2.45, 2.75) is 32.7 Å². The molecule has 0 unspecified atom stereocenters. The number of aromatic nitrogens is 2. The van der Waals surface area contributed by atoms with Crippen LogP contribution in [0.25, 0.3) is 0 Å². The minimum absolute atomic E-state index is 0.874. The zero-order valence-corrected chi connectivity index (χ0v) is 8.73. The molecule has 2 rings (SSSR count). The van der Waals surface area contributed by atoms with Gasteiger partial charge in [0.1, 0.15) is 10.0 Å². The van der Waals surface area contributed by atoms with Crippen LogP contribution in [-0.4, -0.2) is 16.7 Å². The van der Waals surface area contributed by atoms with Crippen LogP contribution in [0.5, 0.6) is 0 Å². The van der Waals surface area contributed by atoms with Gasteiger partial charge in [-0.3, -0.25) is 0 Å². The standard InChI is InChI=1S/C9H15N3S/c1-2-10-6-9-12-11-8(13-9)5-7-3-4-7/h7,10H,2-6H2,1H3. The molecule has 13 heavy (non-hydrogen) atoms. The van der Waals surface area contributed by atoms with Gasteiger partial charge in [-0.2, -0.15) is 0 Å². The van der Waals surface area contributed by atoms with E-state index in [1.165, 1.54) is 17.8 Å². The third-order valence-electron chi connectivity index (χ3n) is 2.20. The Bertz CT molecular complexity index is 268. The van der Waals surface area contributed by atoms with Crippen molar-refractivity contribution in [2.24, 2.45) is 5.92 Å². The first-order chi connectivity index (χ1) is 6.38. The highest BCUT2D eigenvalue weighted by atomic mass is 32.1. The summed E-state index contributed by atoms with van der Waals surface area (Å²) in [7, 11) is 0. The van der Waals surface area contributed by atoms with Gasteiger partial charge in [0.05, 0.1) is 0 Å². The van der Waals surface area contributed by atoms with Crippen LogP contribution in [0.4, 0.5) is 0 Å². The molecule has 1 aliphatic carbocycles. The lowest BCUT2D eigenvalue weighted by atomic mass is 10.3. The van der Waals surface area contributed by atoms with E-state index in [4.69, 9.17) is 0 Å². The van der Waals surface area contributed by atoms with Crippen molar-refractivity contribution in [2.75, 3.05) is 6.54 Å². The van der Waals surface area contributed by atoms with E-state index in [1.54, 1.807) is 11.3 Å². The molecule has 0 aromatic carbocycles. The SMILES string of the molecule is CCNCc1nnc(CC2CC2)s1. The van der Waals surface area contributed by atoms with Crippen LogP contribution < -0.4 is 5.32 Å². The molecular weight excluding hydrogens is 182 g/mol. The zero-order valence-electron chi connectivity index (χ0n) is 7.92. The van der Waals surface area contributed by atoms with E-state index in [0.29, 0.717) is 0 Å². The highest BCUT2D eigenvalue weighted by molar-refractivity contribution is 7.11. The molecule has 0 radical (unpaired) electrons. The Balaban J connectivity index is 1.84. The van der Waals surface area contributed by atoms with Crippen LogP contribution in [0.2, 0.25) is 0 Å². The summed E-state index contributed by atoms with van der Waals surface area (Å²) in [5, 5.41) is 13.9. The summed E-state index contributed by atoms with van der Waals surface area (Å²) in [5.41, 5.74) is 0. The van der Waals surface area contributed by atoms with Crippen LogP contribution in [0.3, 0.4) is 0 Å². The van der Waals surface area contributed by atoms with Crippen LogP contribution in [0.15, 0.2) is 0 Å². The third kappa shape index (κ3) is 2.74. The van der Waals surface area contributed by atoms with E-state index in [9.17, 15) is 0 Å². The van der Waals surface area contributed by atoms with Crippen LogP contribution in [0, 0.1) is 5.92 Å². The fourth-order valence-electron chi connectivity index (χ4n) is 1.24. The molecular formula is C9H15N3S. The van der Waals surface area contributed by atoms with Crippen molar-refractivity contribution >= 4 is 11.3 Å². The van der Waals surface area contributed by atoms with E-state index in [1.807, 2.05) is 0 Å². The van der Waals surface area contributed by atoms with Gasteiger partial charge in [-0.15, -0.1) is 21.5 Å². The molecule has 0 bridgehead atoms. The Morgan fingerprint density at radius 2 is 2.15 bits per heavy atom. The summed E-state index contributed by atoms with van der Waals surface area (Å²) in [6.45, 7) is 3.97. The molecule has 0 amide bonds. The molecule has 1 fully saturated rings. The quantitative estimate of drug-likeness (QED) is 0.779. The molecule has 1 aromatic heterocycles. The lowest BCUT2D eigenvalue weighted by Crippen LogP contribution is -2.11. The highest BCUT2D eigenvalue weighted by Crippen LogP contribution is 2.33. The van der Waals surface area contributed by atoms with Gasteiger partial charge in [-0.1, -0.05) is 6.92 Å². The predicted octanol–water partition coefficient (Wildman–Crippen LogP) is 1.60. The molecule has 3 nitrogen and oxygen atoms in total. The van der Waals surface area contributed by atoms with Gasteiger partial charge in [0.15, 0.2) is 0 Å². The molecule has 1 heterocycles. The van der Waals surface area contributed by atoms with E-state index < -0.39 is 0 Å². The van der Waals surface area contributed by atoms with Gasteiger partial charge in [0.25, 0.3) is 0 Å². The van der Waals surface area contributed by atoms with Gasteiger partial charge >= 0.3 is 0 Å². The Morgan fingerprint density at radius 1 is 1.38 bits per heavy atom. The normalized spacial score (nSPS) is 16.4. The first kappa shape index (κ1) is 9.09. The topological polar surface area (TPSA) is 37.8 Å². The number of rotatable bonds is 5. The summed E-state index contributed by atoms with van der Waals surface area (Å²) in [6.07, 6.45) is 3.94. The molecule has 0 aliphatic heterocycles. The molecule has 1 aromatic rings. The number of nitrogens with one attached hydrogen (secondary N) is 1. The average Bonchev–Trinajstić information content (AvgIpc) is 2.81. The molecule has 4 heteroatoms. The molecule has 0 saturated heterocycles. The van der Waals surface area contributed by atoms with Crippen molar-refractivity contribution in [1.29, 1.82) is 0 Å². The van der Waals surface area contributed by atoms with Crippen molar-refractivity contribution in [3.05, 3.63) is 10.0 Å². The number of nitrogens with zero attached hydrogens (tertiary/aromatic N) is 2. The third-order valence-corrected chi connectivity index (χ3v) is 3.14. The summed E-state index contributed by atoms with van der Waals surface area (Å²) >= 11 is 1.76. The molecule has 1 aliphatic rings. The monoisotopic (exact) mass is 197 g/mol. The lowest BCUT2D eigenvalue weighted by molar-refractivity contribution is 0.712. The van der Waals surface area contributed by atoms with Crippen LogP contribution in [-0.2, 0) is 13.0 Å². The smallest absolute Gasteiger partial charge is 0.131 e. The second kappa shape index (κ2) is 4.15. The lowest BCUT2D eigenvalue weighted by Gasteiger charge is -1.93. The first-order valence-corrected chi connectivity index (χ1v) is 5.72. The molecule has 72 valence electrons. The second-order valence-corrected chi connectivity index (χ2v) is 4.66. The van der Waals surface area contributed by atoms with E-state index in [0.717, 1.165) is 30.4 Å². The molecule has 1 saturated carbocycles. The summed E-state index contributed by atoms with van der Waals surface area (Å²) in [6, 6.07) is 0. The van der Waals surface area contributed by atoms with E-state index >= 15 is 0 Å². The van der Waals surface area contributed by atoms with E-state index in [2.05, 4.69) is 22.4 Å². The minimum atomic E-state index is 0.874. The second-order valence-electron chi connectivity index (χ2n) is 3.52. The summed E-state index contributed by atoms with van der Waals surface area (Å²) in [4.78, 5) is 0. The Kier molecular flexibility index (Phi) is 2.90. The van der Waals surface area contributed by atoms with Crippen LogP contribution in [0.1, 0.15) is 29.8 Å². The first-order valence-electron chi connectivity index (χ1n) is 4.90. The zero-order chi connectivity index (χ0) is 9.10. The maximum atomic E-state index is 4.18. The maximum absolute atomic E-state index is 4.18. The van der Waals surface area contributed by atoms with Gasteiger partial charge in [-0.05, 0) is 25.3 Å². The van der Waals surface area contributed by atoms with Gasteiger partial charge < -0.3 is 5.32 Å². The number of hydrogen-bond acceptors (Lipinski definition) is 4. The van der Waals surface area contributed by atoms with E-state index in [-0.39, 0.29) is 0 Å². The summed E-state index contributed by atoms with van der Waals surface area (Å²) in [5.74, 6) is 0.917. The van der Waals surface area contributed by atoms with Crippen LogP contribution >= 0.6 is 11.3 Å². The Morgan fingerprint density at radius 3 is 2.85 bits per heavy atom. The van der Waals surface area contributed by atoms with Gasteiger partial charge in [0, 0.05) is 13.0 Å². The molecule has 1 N–H and O–H groups in total. The average molecular weight is 197 g/mol. The Labute approximate surface area is 82.6 Å². The largest absolute Gasteiger partial charge is 0.311 e. The number of hydrogen-bond donors (Lipinski definition) is 1. The fourth-order valence-corrected chi connectivity index (χ4v) is 2.17. The maximum Gasteiger partial charge on any atom is 0.131 e. The molecule has 0 spiro atoms. The fraction of sp³-hybridized carbons (Fsp3) is 0.778. The molecule has 0 atom stereocenters. The highest BCUT2D eigenvalue weighted by Gasteiger charge is 2.23. The van der Waals surface area contributed by atoms with Crippen molar-refractivity contribution in [1.82, 2.24) is 15.5 Å². The van der Waals surface area contributed by atoms with Crippen molar-refractivity contribution in [3.63, 3.8) is 0 Å². The van der Waals surface area contributed by atoms with Crippen molar-refractivity contribution in [3.8, 4) is 0 Å². The van der Waals surface area contributed by atoms with Gasteiger partial charge in [0.2, 0.25) is 0 Å². The van der Waals surface area contributed by atoms with Gasteiger partial charge in [-0.25, -0.2) is 0 Å².